The third-order valence-corrected chi connectivity index (χ3v) is 3.07. The van der Waals surface area contributed by atoms with Gasteiger partial charge in [-0.1, -0.05) is 25.4 Å². The number of nitrogens with zero attached hydrogens (tertiary/aromatic N) is 2. The second-order valence-corrected chi connectivity index (χ2v) is 4.02. The van der Waals surface area contributed by atoms with E-state index in [1.807, 2.05) is 13.8 Å². The molecule has 1 heterocycles. The summed E-state index contributed by atoms with van der Waals surface area (Å²) in [4.78, 5) is 23.8. The van der Waals surface area contributed by atoms with Gasteiger partial charge in [0, 0.05) is 14.1 Å². The number of hydrogen-bond acceptors (Lipinski definition) is 4. The first kappa shape index (κ1) is 15.1. The van der Waals surface area contributed by atoms with Gasteiger partial charge in [0.25, 0.3) is 11.1 Å². The van der Waals surface area contributed by atoms with E-state index in [0.717, 1.165) is 15.4 Å². The fraction of sp³-hybridized carbons (Fsp3) is 0.333. The summed E-state index contributed by atoms with van der Waals surface area (Å²) in [6.45, 7) is 4.00. The van der Waals surface area contributed by atoms with Gasteiger partial charge in [-0.2, -0.15) is 0 Å². The summed E-state index contributed by atoms with van der Waals surface area (Å²) >= 11 is 5.76. The molecule has 0 fully saturated rings. The second kappa shape index (κ2) is 5.36. The lowest BCUT2D eigenvalue weighted by molar-refractivity contribution is 0.404. The number of phenols is 2. The molecule has 0 aliphatic carbocycles. The average molecular weight is 287 g/mol. The molecule has 19 heavy (non-hydrogen) atoms. The smallest absolute Gasteiger partial charge is 0.274 e. The number of rotatable bonds is 0. The third kappa shape index (κ3) is 2.19. The normalized spacial score (nSPS) is 10.2. The molecule has 0 saturated heterocycles. The van der Waals surface area contributed by atoms with Crippen molar-refractivity contribution in [3.63, 3.8) is 0 Å². The summed E-state index contributed by atoms with van der Waals surface area (Å²) in [6.07, 6.45) is 0. The van der Waals surface area contributed by atoms with E-state index < -0.39 is 22.6 Å². The number of halogens is 1. The average Bonchev–Trinajstić information content (AvgIpc) is 2.42. The minimum absolute atomic E-state index is 0.0316. The zero-order valence-electron chi connectivity index (χ0n) is 11.1. The van der Waals surface area contributed by atoms with E-state index in [1.165, 1.54) is 14.1 Å². The lowest BCUT2D eigenvalue weighted by Crippen LogP contribution is -2.35. The standard InChI is InChI=1S/C10H9ClN2O4.C2H6/c1-12-9(16)4-3-5(14)8(15)7(11)6(4)10(17)13(12)2;1-2/h3,14-15H,1-2H3;1-2H3. The van der Waals surface area contributed by atoms with Crippen LogP contribution in [-0.4, -0.2) is 19.6 Å². The molecule has 0 bridgehead atoms. The van der Waals surface area contributed by atoms with E-state index in [0.29, 0.717) is 0 Å². The predicted molar refractivity (Wildman–Crippen MR) is 74.1 cm³/mol. The van der Waals surface area contributed by atoms with Crippen LogP contribution < -0.4 is 11.1 Å². The second-order valence-electron chi connectivity index (χ2n) is 3.64. The minimum Gasteiger partial charge on any atom is -0.504 e. The first-order valence-corrected chi connectivity index (χ1v) is 6.04. The zero-order valence-corrected chi connectivity index (χ0v) is 11.8. The van der Waals surface area contributed by atoms with Crippen LogP contribution in [0.1, 0.15) is 13.8 Å². The molecule has 0 atom stereocenters. The highest BCUT2D eigenvalue weighted by Gasteiger charge is 2.17. The van der Waals surface area contributed by atoms with E-state index >= 15 is 0 Å². The maximum absolute atomic E-state index is 11.9. The van der Waals surface area contributed by atoms with Crippen molar-refractivity contribution >= 4 is 22.4 Å². The Hall–Kier alpha value is -1.95. The molecule has 0 aliphatic rings. The third-order valence-electron chi connectivity index (χ3n) is 2.70. The van der Waals surface area contributed by atoms with E-state index in [2.05, 4.69) is 0 Å². The van der Waals surface area contributed by atoms with Crippen LogP contribution in [0.4, 0.5) is 0 Å². The highest BCUT2D eigenvalue weighted by atomic mass is 35.5. The molecule has 2 aromatic rings. The van der Waals surface area contributed by atoms with Crippen molar-refractivity contribution in [2.75, 3.05) is 0 Å². The summed E-state index contributed by atoms with van der Waals surface area (Å²) in [5.41, 5.74) is -1.01. The summed E-state index contributed by atoms with van der Waals surface area (Å²) in [6, 6.07) is 1.03. The van der Waals surface area contributed by atoms with Crippen molar-refractivity contribution in [3.8, 4) is 11.5 Å². The van der Waals surface area contributed by atoms with E-state index in [9.17, 15) is 19.8 Å². The van der Waals surface area contributed by atoms with E-state index in [1.54, 1.807) is 0 Å². The van der Waals surface area contributed by atoms with Crippen molar-refractivity contribution < 1.29 is 10.2 Å². The molecule has 2 N–H and O–H groups in total. The lowest BCUT2D eigenvalue weighted by Gasteiger charge is -2.10. The van der Waals surface area contributed by atoms with Gasteiger partial charge in [0.05, 0.1) is 15.8 Å². The van der Waals surface area contributed by atoms with Crippen molar-refractivity contribution in [3.05, 3.63) is 31.8 Å². The number of aromatic hydroxyl groups is 2. The van der Waals surface area contributed by atoms with Gasteiger partial charge in [-0.15, -0.1) is 0 Å². The first-order chi connectivity index (χ1) is 8.86. The van der Waals surface area contributed by atoms with Gasteiger partial charge < -0.3 is 10.2 Å². The topological polar surface area (TPSA) is 84.5 Å². The number of aromatic nitrogens is 2. The van der Waals surface area contributed by atoms with Crippen molar-refractivity contribution in [2.24, 2.45) is 14.1 Å². The Balaban J connectivity index is 0.000000861. The molecule has 1 aromatic heterocycles. The number of hydrogen-bond donors (Lipinski definition) is 2. The zero-order chi connectivity index (χ0) is 14.9. The quantitative estimate of drug-likeness (QED) is 0.716. The summed E-state index contributed by atoms with van der Waals surface area (Å²) in [5.74, 6) is -1.14. The van der Waals surface area contributed by atoms with E-state index in [4.69, 9.17) is 11.6 Å². The molecular formula is C12H15ClN2O4. The van der Waals surface area contributed by atoms with Crippen LogP contribution in [-0.2, 0) is 14.1 Å². The Morgan fingerprint density at radius 3 is 2.05 bits per heavy atom. The Bertz CT molecular complexity index is 746. The molecule has 104 valence electrons. The molecule has 0 spiro atoms. The van der Waals surface area contributed by atoms with Gasteiger partial charge in [-0.05, 0) is 6.07 Å². The maximum Gasteiger partial charge on any atom is 0.274 e. The Labute approximate surface area is 114 Å². The number of phenolic OH excluding ortho intramolecular Hbond substituents is 2. The fourth-order valence-corrected chi connectivity index (χ4v) is 1.89. The lowest BCUT2D eigenvalue weighted by atomic mass is 10.1. The minimum atomic E-state index is -0.607. The van der Waals surface area contributed by atoms with E-state index in [-0.39, 0.29) is 15.8 Å². The molecule has 7 heteroatoms. The number of benzene rings is 1. The SMILES string of the molecule is CC.Cn1c(=O)c2cc(O)c(O)c(Cl)c2c(=O)n1C. The monoisotopic (exact) mass is 286 g/mol. The molecule has 1 aromatic carbocycles. The largest absolute Gasteiger partial charge is 0.504 e. The van der Waals surface area contributed by atoms with Gasteiger partial charge in [0.15, 0.2) is 11.5 Å². The van der Waals surface area contributed by atoms with Crippen molar-refractivity contribution in [1.29, 1.82) is 0 Å². The molecular weight excluding hydrogens is 272 g/mol. The van der Waals surface area contributed by atoms with Gasteiger partial charge in [0.1, 0.15) is 0 Å². The molecule has 2 rings (SSSR count). The van der Waals surface area contributed by atoms with Gasteiger partial charge >= 0.3 is 0 Å². The molecule has 0 unspecified atom stereocenters. The first-order valence-electron chi connectivity index (χ1n) is 5.66. The van der Waals surface area contributed by atoms with Crippen LogP contribution in [0.25, 0.3) is 10.8 Å². The summed E-state index contributed by atoms with van der Waals surface area (Å²) in [7, 11) is 2.82. The maximum atomic E-state index is 11.9. The highest BCUT2D eigenvalue weighted by Crippen LogP contribution is 2.36. The Kier molecular flexibility index (Phi) is 4.26. The highest BCUT2D eigenvalue weighted by molar-refractivity contribution is 6.37. The van der Waals surface area contributed by atoms with Crippen LogP contribution in [0.3, 0.4) is 0 Å². The van der Waals surface area contributed by atoms with Gasteiger partial charge in [0.2, 0.25) is 0 Å². The van der Waals surface area contributed by atoms with Crippen LogP contribution in [0.5, 0.6) is 11.5 Å². The molecule has 0 amide bonds. The van der Waals surface area contributed by atoms with Crippen molar-refractivity contribution in [1.82, 2.24) is 9.36 Å². The number of fused-ring (bicyclic) bond motifs is 1. The predicted octanol–water partition coefficient (Wildman–Crippen LogP) is 1.33. The van der Waals surface area contributed by atoms with Gasteiger partial charge in [-0.25, -0.2) is 0 Å². The Morgan fingerprint density at radius 2 is 1.53 bits per heavy atom. The van der Waals surface area contributed by atoms with Crippen LogP contribution in [0, 0.1) is 0 Å². The van der Waals surface area contributed by atoms with Gasteiger partial charge in [-0.3, -0.25) is 19.0 Å². The molecule has 0 saturated carbocycles. The van der Waals surface area contributed by atoms with Crippen LogP contribution in [0.2, 0.25) is 5.02 Å². The fourth-order valence-electron chi connectivity index (χ4n) is 1.61. The van der Waals surface area contributed by atoms with Crippen LogP contribution >= 0.6 is 11.6 Å². The summed E-state index contributed by atoms with van der Waals surface area (Å²) in [5, 5.41) is 18.4. The molecule has 0 aliphatic heterocycles. The van der Waals surface area contributed by atoms with Crippen LogP contribution in [0.15, 0.2) is 15.7 Å². The molecule has 6 nitrogen and oxygen atoms in total. The summed E-state index contributed by atoms with van der Waals surface area (Å²) < 4.78 is 2.17. The Morgan fingerprint density at radius 1 is 1.05 bits per heavy atom. The molecule has 0 radical (unpaired) electrons. The van der Waals surface area contributed by atoms with Crippen molar-refractivity contribution in [2.45, 2.75) is 13.8 Å².